The molecule has 1 amide bonds. The molecule has 4 heteroatoms. The monoisotopic (exact) mass is 378 g/mol. The summed E-state index contributed by atoms with van der Waals surface area (Å²) < 4.78 is 5.42. The second-order valence-electron chi connectivity index (χ2n) is 6.28. The van der Waals surface area contributed by atoms with Crippen molar-refractivity contribution < 1.29 is 9.53 Å². The van der Waals surface area contributed by atoms with Crippen LogP contribution in [-0.2, 0) is 4.74 Å². The number of aromatic nitrogens is 1. The van der Waals surface area contributed by atoms with E-state index >= 15 is 0 Å². The maximum absolute atomic E-state index is 12.8. The molecule has 1 aromatic heterocycles. The van der Waals surface area contributed by atoms with Crippen LogP contribution in [0.1, 0.15) is 5.56 Å². The first-order valence-electron chi connectivity index (χ1n) is 9.22. The molecule has 0 radical (unpaired) electrons. The number of fused-ring (bicyclic) bond motifs is 1. The Bertz CT molecular complexity index is 1140. The van der Waals surface area contributed by atoms with Gasteiger partial charge in [-0.05, 0) is 36.4 Å². The summed E-state index contributed by atoms with van der Waals surface area (Å²) in [6.45, 7) is -0.0121. The molecule has 3 aromatic carbocycles. The molecule has 0 saturated carbocycles. The predicted octanol–water partition coefficient (Wildman–Crippen LogP) is 5.56. The van der Waals surface area contributed by atoms with Gasteiger partial charge in [0.15, 0.2) is 6.61 Å². The Morgan fingerprint density at radius 3 is 2.17 bits per heavy atom. The number of pyridine rings is 1. The van der Waals surface area contributed by atoms with Gasteiger partial charge in [0.05, 0.1) is 16.9 Å². The number of ether oxygens (including phenoxy) is 1. The van der Waals surface area contributed by atoms with E-state index in [1.165, 1.54) is 4.90 Å². The SMILES string of the molecule is O=C(OCC#Cc1cnc2ccccc2c1)N(c1ccccc1)c1ccccc1. The van der Waals surface area contributed by atoms with Crippen LogP contribution in [-0.4, -0.2) is 17.7 Å². The summed E-state index contributed by atoms with van der Waals surface area (Å²) in [5.74, 6) is 5.90. The van der Waals surface area contributed by atoms with Crippen molar-refractivity contribution in [3.8, 4) is 11.8 Å². The Morgan fingerprint density at radius 2 is 1.48 bits per heavy atom. The van der Waals surface area contributed by atoms with Crippen LogP contribution >= 0.6 is 0 Å². The Balaban J connectivity index is 1.48. The minimum absolute atomic E-state index is 0.0121. The molecule has 0 unspecified atom stereocenters. The maximum atomic E-state index is 12.8. The molecule has 0 N–H and O–H groups in total. The predicted molar refractivity (Wildman–Crippen MR) is 115 cm³/mol. The van der Waals surface area contributed by atoms with Crippen molar-refractivity contribution >= 4 is 28.4 Å². The van der Waals surface area contributed by atoms with Crippen LogP contribution in [0.25, 0.3) is 10.9 Å². The molecule has 0 atom stereocenters. The molecular formula is C25H18N2O2. The summed E-state index contributed by atoms with van der Waals surface area (Å²) in [7, 11) is 0. The van der Waals surface area contributed by atoms with Crippen molar-refractivity contribution in [1.29, 1.82) is 0 Å². The largest absolute Gasteiger partial charge is 0.436 e. The fourth-order valence-corrected chi connectivity index (χ4v) is 2.95. The fourth-order valence-electron chi connectivity index (χ4n) is 2.95. The third-order valence-electron chi connectivity index (χ3n) is 4.30. The van der Waals surface area contributed by atoms with Gasteiger partial charge >= 0.3 is 6.09 Å². The van der Waals surface area contributed by atoms with Crippen LogP contribution in [0, 0.1) is 11.8 Å². The summed E-state index contributed by atoms with van der Waals surface area (Å²) in [5, 5.41) is 1.02. The molecule has 0 aliphatic rings. The number of carbonyl (C=O) groups is 1. The number of hydrogen-bond donors (Lipinski definition) is 0. The van der Waals surface area contributed by atoms with Crippen LogP contribution in [0.2, 0.25) is 0 Å². The molecule has 4 rings (SSSR count). The Hall–Kier alpha value is -4.10. The zero-order valence-electron chi connectivity index (χ0n) is 15.7. The zero-order chi connectivity index (χ0) is 19.9. The minimum atomic E-state index is -0.478. The van der Waals surface area contributed by atoms with Crippen LogP contribution in [0.3, 0.4) is 0 Å². The zero-order valence-corrected chi connectivity index (χ0v) is 15.7. The standard InChI is InChI=1S/C25H18N2O2/c28-25(27(22-12-3-1-4-13-22)23-14-5-2-6-15-23)29-17-9-10-20-18-21-11-7-8-16-24(21)26-19-20/h1-8,11-16,18-19H,17H2. The molecule has 0 spiro atoms. The molecule has 1 heterocycles. The van der Waals surface area contributed by atoms with Crippen molar-refractivity contribution in [2.45, 2.75) is 0 Å². The molecule has 29 heavy (non-hydrogen) atoms. The van der Waals surface area contributed by atoms with Gasteiger partial charge in [0.25, 0.3) is 0 Å². The number of carbonyl (C=O) groups excluding carboxylic acids is 1. The first-order valence-corrected chi connectivity index (χ1v) is 9.22. The van der Waals surface area contributed by atoms with Gasteiger partial charge in [-0.15, -0.1) is 0 Å². The normalized spacial score (nSPS) is 10.1. The molecule has 0 aliphatic carbocycles. The van der Waals surface area contributed by atoms with Crippen LogP contribution in [0.5, 0.6) is 0 Å². The fraction of sp³-hybridized carbons (Fsp3) is 0.0400. The van der Waals surface area contributed by atoms with Crippen molar-refractivity contribution in [1.82, 2.24) is 4.98 Å². The minimum Gasteiger partial charge on any atom is -0.436 e. The lowest BCUT2D eigenvalue weighted by Crippen LogP contribution is -2.26. The van der Waals surface area contributed by atoms with Crippen molar-refractivity contribution in [3.63, 3.8) is 0 Å². The van der Waals surface area contributed by atoms with Crippen LogP contribution in [0.15, 0.2) is 97.2 Å². The lowest BCUT2D eigenvalue weighted by molar-refractivity contribution is 0.170. The number of hydrogen-bond acceptors (Lipinski definition) is 3. The van der Waals surface area contributed by atoms with E-state index in [0.29, 0.717) is 0 Å². The molecule has 4 nitrogen and oxygen atoms in total. The molecule has 4 aromatic rings. The molecule has 0 bridgehead atoms. The van der Waals surface area contributed by atoms with Gasteiger partial charge in [-0.3, -0.25) is 4.98 Å². The highest BCUT2D eigenvalue weighted by Gasteiger charge is 2.18. The van der Waals surface area contributed by atoms with Gasteiger partial charge in [0.1, 0.15) is 0 Å². The number of rotatable bonds is 3. The average Bonchev–Trinajstić information content (AvgIpc) is 2.78. The van der Waals surface area contributed by atoms with E-state index in [2.05, 4.69) is 16.8 Å². The molecule has 0 saturated heterocycles. The van der Waals surface area contributed by atoms with Gasteiger partial charge in [-0.1, -0.05) is 66.4 Å². The molecule has 0 fully saturated rings. The summed E-state index contributed by atoms with van der Waals surface area (Å²) in [6.07, 6.45) is 1.24. The third kappa shape index (κ3) is 4.42. The van der Waals surface area contributed by atoms with Gasteiger partial charge < -0.3 is 4.74 Å². The van der Waals surface area contributed by atoms with E-state index in [0.717, 1.165) is 27.8 Å². The lowest BCUT2D eigenvalue weighted by atomic mass is 10.2. The molecular weight excluding hydrogens is 360 g/mol. The topological polar surface area (TPSA) is 42.4 Å². The Kier molecular flexibility index (Phi) is 5.50. The number of benzene rings is 3. The molecule has 0 aliphatic heterocycles. The third-order valence-corrected chi connectivity index (χ3v) is 4.30. The summed E-state index contributed by atoms with van der Waals surface area (Å²) >= 11 is 0. The number of amides is 1. The highest BCUT2D eigenvalue weighted by atomic mass is 16.6. The number of anilines is 2. The number of nitrogens with zero attached hydrogens (tertiary/aromatic N) is 2. The second kappa shape index (κ2) is 8.73. The van der Waals surface area contributed by atoms with E-state index < -0.39 is 6.09 Å². The summed E-state index contributed by atoms with van der Waals surface area (Å²) in [6, 6.07) is 28.6. The van der Waals surface area contributed by atoms with E-state index in [9.17, 15) is 4.79 Å². The highest BCUT2D eigenvalue weighted by molar-refractivity contribution is 5.96. The van der Waals surface area contributed by atoms with Crippen LogP contribution < -0.4 is 4.90 Å². The summed E-state index contributed by atoms with van der Waals surface area (Å²) in [5.41, 5.74) is 3.17. The van der Waals surface area contributed by atoms with Gasteiger partial charge in [0.2, 0.25) is 0 Å². The lowest BCUT2D eigenvalue weighted by Gasteiger charge is -2.21. The Labute approximate surface area is 169 Å². The first kappa shape index (κ1) is 18.3. The quantitative estimate of drug-likeness (QED) is 0.438. The maximum Gasteiger partial charge on any atom is 0.419 e. The van der Waals surface area contributed by atoms with Gasteiger partial charge in [0, 0.05) is 17.1 Å². The average molecular weight is 378 g/mol. The van der Waals surface area contributed by atoms with Gasteiger partial charge in [-0.2, -0.15) is 0 Å². The number of para-hydroxylation sites is 3. The van der Waals surface area contributed by atoms with E-state index in [4.69, 9.17) is 4.74 Å². The van der Waals surface area contributed by atoms with Crippen molar-refractivity contribution in [2.75, 3.05) is 11.5 Å². The van der Waals surface area contributed by atoms with E-state index in [1.807, 2.05) is 91.0 Å². The smallest absolute Gasteiger partial charge is 0.419 e. The van der Waals surface area contributed by atoms with Crippen molar-refractivity contribution in [3.05, 3.63) is 103 Å². The van der Waals surface area contributed by atoms with E-state index in [1.54, 1.807) is 6.20 Å². The van der Waals surface area contributed by atoms with Crippen molar-refractivity contribution in [2.24, 2.45) is 0 Å². The molecule has 140 valence electrons. The van der Waals surface area contributed by atoms with E-state index in [-0.39, 0.29) is 6.61 Å². The second-order valence-corrected chi connectivity index (χ2v) is 6.28. The summed E-state index contributed by atoms with van der Waals surface area (Å²) in [4.78, 5) is 18.7. The van der Waals surface area contributed by atoms with Crippen LogP contribution in [0.4, 0.5) is 16.2 Å². The van der Waals surface area contributed by atoms with Gasteiger partial charge in [-0.25, -0.2) is 9.69 Å². The highest BCUT2D eigenvalue weighted by Crippen LogP contribution is 2.25. The Morgan fingerprint density at radius 1 is 0.862 bits per heavy atom. The first-order chi connectivity index (χ1) is 14.3.